The molecule has 0 fully saturated rings. The fourth-order valence-electron chi connectivity index (χ4n) is 3.14. The van der Waals surface area contributed by atoms with E-state index in [1.165, 1.54) is 0 Å². The number of hydrogen-bond acceptors (Lipinski definition) is 9. The van der Waals surface area contributed by atoms with Gasteiger partial charge in [-0.15, -0.1) is 0 Å². The van der Waals surface area contributed by atoms with Crippen molar-refractivity contribution in [3.8, 4) is 11.5 Å². The van der Waals surface area contributed by atoms with Crippen molar-refractivity contribution in [3.05, 3.63) is 97.1 Å². The molecule has 0 saturated heterocycles. The molecule has 0 aliphatic carbocycles. The first-order valence-corrected chi connectivity index (χ1v) is 11.4. The van der Waals surface area contributed by atoms with Crippen molar-refractivity contribution in [2.75, 3.05) is 29.3 Å². The molecule has 9 nitrogen and oxygen atoms in total. The Labute approximate surface area is 210 Å². The molecule has 1 heterocycles. The van der Waals surface area contributed by atoms with E-state index in [0.717, 1.165) is 16.9 Å². The highest BCUT2D eigenvalue weighted by Gasteiger charge is 2.08. The first-order chi connectivity index (χ1) is 17.7. The lowest BCUT2D eigenvalue weighted by Gasteiger charge is -2.11. The first kappa shape index (κ1) is 24.2. The number of hydrogen-bond donors (Lipinski definition) is 3. The first-order valence-electron chi connectivity index (χ1n) is 11.4. The van der Waals surface area contributed by atoms with Gasteiger partial charge in [-0.1, -0.05) is 49.1 Å². The van der Waals surface area contributed by atoms with Crippen LogP contribution in [0.2, 0.25) is 0 Å². The average molecular weight is 482 g/mol. The van der Waals surface area contributed by atoms with Crippen LogP contribution in [0.25, 0.3) is 0 Å². The van der Waals surface area contributed by atoms with Crippen molar-refractivity contribution >= 4 is 35.4 Å². The third-order valence-electron chi connectivity index (χ3n) is 4.70. The number of rotatable bonds is 12. The van der Waals surface area contributed by atoms with Crippen LogP contribution in [-0.4, -0.2) is 34.4 Å². The van der Waals surface area contributed by atoms with E-state index in [-0.39, 0.29) is 5.95 Å². The van der Waals surface area contributed by atoms with Crippen molar-refractivity contribution in [1.82, 2.24) is 15.0 Å². The molecule has 0 aliphatic rings. The third-order valence-corrected chi connectivity index (χ3v) is 4.70. The predicted octanol–water partition coefficient (Wildman–Crippen LogP) is 5.77. The third kappa shape index (κ3) is 7.04. The summed E-state index contributed by atoms with van der Waals surface area (Å²) in [6.07, 6.45) is 3.34. The zero-order valence-electron chi connectivity index (χ0n) is 19.9. The molecule has 0 atom stereocenters. The summed E-state index contributed by atoms with van der Waals surface area (Å²) in [5.41, 5.74) is 5.41. The van der Waals surface area contributed by atoms with Gasteiger partial charge in [-0.25, -0.2) is 5.43 Å². The van der Waals surface area contributed by atoms with Gasteiger partial charge in [-0.05, 0) is 55.0 Å². The number of nitrogens with one attached hydrogen (secondary N) is 3. The Kier molecular flexibility index (Phi) is 8.42. The van der Waals surface area contributed by atoms with Gasteiger partial charge in [0, 0.05) is 11.4 Å². The highest BCUT2D eigenvalue weighted by molar-refractivity contribution is 5.81. The van der Waals surface area contributed by atoms with Crippen molar-refractivity contribution in [2.45, 2.75) is 6.92 Å². The Morgan fingerprint density at radius 3 is 1.97 bits per heavy atom. The second-order valence-corrected chi connectivity index (χ2v) is 7.40. The number of para-hydroxylation sites is 2. The van der Waals surface area contributed by atoms with E-state index in [1.807, 2.05) is 85.8 Å². The Morgan fingerprint density at radius 2 is 1.39 bits per heavy atom. The van der Waals surface area contributed by atoms with Gasteiger partial charge < -0.3 is 20.1 Å². The molecule has 4 aromatic rings. The van der Waals surface area contributed by atoms with Crippen LogP contribution in [0.3, 0.4) is 0 Å². The largest absolute Gasteiger partial charge is 0.490 e. The quantitative estimate of drug-likeness (QED) is 0.133. The number of hydrazone groups is 1. The highest BCUT2D eigenvalue weighted by atomic mass is 16.5. The minimum Gasteiger partial charge on any atom is -0.490 e. The SMILES string of the molecule is C=CCOc1ccc(/C=N/Nc2nc(Nc3ccccc3)nc(Nc3ccccc3)n2)cc1OCC. The molecule has 182 valence electrons. The average Bonchev–Trinajstić information content (AvgIpc) is 2.89. The normalized spacial score (nSPS) is 10.6. The summed E-state index contributed by atoms with van der Waals surface area (Å²) in [5.74, 6) is 2.29. The van der Waals surface area contributed by atoms with Crippen LogP contribution in [0.1, 0.15) is 12.5 Å². The fraction of sp³-hybridized carbons (Fsp3) is 0.111. The molecule has 36 heavy (non-hydrogen) atoms. The molecular weight excluding hydrogens is 454 g/mol. The Bertz CT molecular complexity index is 1240. The molecule has 3 N–H and O–H groups in total. The molecule has 3 aromatic carbocycles. The number of anilines is 5. The molecule has 9 heteroatoms. The van der Waals surface area contributed by atoms with Crippen LogP contribution in [0, 0.1) is 0 Å². The molecule has 0 aliphatic heterocycles. The number of ether oxygens (including phenoxy) is 2. The number of aromatic nitrogens is 3. The summed E-state index contributed by atoms with van der Waals surface area (Å²) < 4.78 is 11.3. The van der Waals surface area contributed by atoms with E-state index < -0.39 is 0 Å². The summed E-state index contributed by atoms with van der Waals surface area (Å²) in [7, 11) is 0. The lowest BCUT2D eigenvalue weighted by Crippen LogP contribution is -2.07. The maximum atomic E-state index is 5.69. The topological polar surface area (TPSA) is 106 Å². The van der Waals surface area contributed by atoms with Crippen LogP contribution in [0.15, 0.2) is 96.6 Å². The van der Waals surface area contributed by atoms with E-state index in [0.29, 0.717) is 36.6 Å². The molecule has 0 amide bonds. The van der Waals surface area contributed by atoms with E-state index in [1.54, 1.807) is 12.3 Å². The van der Waals surface area contributed by atoms with Crippen LogP contribution in [0.5, 0.6) is 11.5 Å². The van der Waals surface area contributed by atoms with Gasteiger partial charge >= 0.3 is 0 Å². The molecule has 0 bridgehead atoms. The summed E-state index contributed by atoms with van der Waals surface area (Å²) in [5, 5.41) is 10.7. The fourth-order valence-corrected chi connectivity index (χ4v) is 3.14. The van der Waals surface area contributed by atoms with Crippen molar-refractivity contribution < 1.29 is 9.47 Å². The molecule has 0 spiro atoms. The standard InChI is InChI=1S/C27H27N7O2/c1-3-17-36-23-16-15-20(18-24(23)35-4-2)19-28-34-27-32-25(29-21-11-7-5-8-12-21)31-26(33-27)30-22-13-9-6-10-14-22/h3,5-16,18-19H,1,4,17H2,2H3,(H3,29,30,31,32,33,34)/b28-19+. The summed E-state index contributed by atoms with van der Waals surface area (Å²) >= 11 is 0. The highest BCUT2D eigenvalue weighted by Crippen LogP contribution is 2.28. The smallest absolute Gasteiger partial charge is 0.250 e. The van der Waals surface area contributed by atoms with Crippen LogP contribution < -0.4 is 25.5 Å². The van der Waals surface area contributed by atoms with Gasteiger partial charge in [0.25, 0.3) is 0 Å². The maximum absolute atomic E-state index is 5.69. The Hall–Kier alpha value is -4.92. The second kappa shape index (κ2) is 12.5. The number of nitrogens with zero attached hydrogens (tertiary/aromatic N) is 4. The minimum absolute atomic E-state index is 0.272. The summed E-state index contributed by atoms with van der Waals surface area (Å²) in [4.78, 5) is 13.4. The molecular formula is C27H27N7O2. The Morgan fingerprint density at radius 1 is 0.778 bits per heavy atom. The predicted molar refractivity (Wildman–Crippen MR) is 144 cm³/mol. The van der Waals surface area contributed by atoms with E-state index >= 15 is 0 Å². The van der Waals surface area contributed by atoms with Crippen molar-refractivity contribution in [1.29, 1.82) is 0 Å². The van der Waals surface area contributed by atoms with Crippen molar-refractivity contribution in [3.63, 3.8) is 0 Å². The Balaban J connectivity index is 1.53. The van der Waals surface area contributed by atoms with Gasteiger partial charge in [0.1, 0.15) is 6.61 Å². The molecule has 0 saturated carbocycles. The zero-order valence-corrected chi connectivity index (χ0v) is 19.9. The lowest BCUT2D eigenvalue weighted by atomic mass is 10.2. The molecule has 4 rings (SSSR count). The van der Waals surface area contributed by atoms with Gasteiger partial charge in [0.05, 0.1) is 12.8 Å². The van der Waals surface area contributed by atoms with Gasteiger partial charge in [-0.2, -0.15) is 20.1 Å². The summed E-state index contributed by atoms with van der Waals surface area (Å²) in [6.45, 7) is 6.51. The van der Waals surface area contributed by atoms with Crippen molar-refractivity contribution in [2.24, 2.45) is 5.10 Å². The lowest BCUT2D eigenvalue weighted by molar-refractivity contribution is 0.297. The van der Waals surface area contributed by atoms with E-state index in [4.69, 9.17) is 9.47 Å². The summed E-state index contributed by atoms with van der Waals surface area (Å²) in [6, 6.07) is 24.9. The maximum Gasteiger partial charge on any atom is 0.250 e. The number of benzene rings is 3. The van der Waals surface area contributed by atoms with E-state index in [9.17, 15) is 0 Å². The second-order valence-electron chi connectivity index (χ2n) is 7.40. The van der Waals surface area contributed by atoms with Crippen LogP contribution in [0.4, 0.5) is 29.2 Å². The van der Waals surface area contributed by atoms with Gasteiger partial charge in [0.2, 0.25) is 17.8 Å². The van der Waals surface area contributed by atoms with Gasteiger partial charge in [0.15, 0.2) is 11.5 Å². The zero-order chi connectivity index (χ0) is 25.0. The monoisotopic (exact) mass is 481 g/mol. The van der Waals surface area contributed by atoms with Crippen LogP contribution >= 0.6 is 0 Å². The van der Waals surface area contributed by atoms with Crippen LogP contribution in [-0.2, 0) is 0 Å². The molecule has 1 aromatic heterocycles. The molecule has 0 radical (unpaired) electrons. The van der Waals surface area contributed by atoms with E-state index in [2.05, 4.69) is 42.7 Å². The molecule has 0 unspecified atom stereocenters. The minimum atomic E-state index is 0.272. The van der Waals surface area contributed by atoms with Gasteiger partial charge in [-0.3, -0.25) is 0 Å².